The van der Waals surface area contributed by atoms with Crippen molar-refractivity contribution in [2.24, 2.45) is 5.92 Å². The van der Waals surface area contributed by atoms with Crippen LogP contribution in [0.3, 0.4) is 0 Å². The maximum atomic E-state index is 10.9. The first kappa shape index (κ1) is 13.8. The molecule has 0 saturated heterocycles. The summed E-state index contributed by atoms with van der Waals surface area (Å²) < 4.78 is 0. The van der Waals surface area contributed by atoms with E-state index in [4.69, 9.17) is 16.7 Å². The lowest BCUT2D eigenvalue weighted by molar-refractivity contribution is 0.0697. The standard InChI is InChI=1S/C13H18ClNO2/c1-3-4-9(2)8-15-10-5-6-12(14)11(7-10)13(16)17/h5-7,9,15H,3-4,8H2,1-2H3,(H,16,17). The van der Waals surface area contributed by atoms with E-state index in [1.54, 1.807) is 18.2 Å². The van der Waals surface area contributed by atoms with E-state index in [0.29, 0.717) is 5.92 Å². The number of carbonyl (C=O) groups is 1. The van der Waals surface area contributed by atoms with Crippen LogP contribution in [0.1, 0.15) is 37.0 Å². The van der Waals surface area contributed by atoms with Crippen LogP contribution >= 0.6 is 11.6 Å². The largest absolute Gasteiger partial charge is 0.478 e. The summed E-state index contributed by atoms with van der Waals surface area (Å²) >= 11 is 5.80. The van der Waals surface area contributed by atoms with Gasteiger partial charge in [-0.2, -0.15) is 0 Å². The molecule has 3 nitrogen and oxygen atoms in total. The molecule has 1 atom stereocenters. The molecule has 94 valence electrons. The average molecular weight is 256 g/mol. The summed E-state index contributed by atoms with van der Waals surface area (Å²) in [6.07, 6.45) is 2.32. The lowest BCUT2D eigenvalue weighted by atomic mass is 10.1. The van der Waals surface area contributed by atoms with Gasteiger partial charge in [0.25, 0.3) is 0 Å². The predicted molar refractivity (Wildman–Crippen MR) is 71.0 cm³/mol. The third kappa shape index (κ3) is 4.27. The predicted octanol–water partition coefficient (Wildman–Crippen LogP) is 3.89. The van der Waals surface area contributed by atoms with Gasteiger partial charge in [-0.15, -0.1) is 0 Å². The van der Waals surface area contributed by atoms with Gasteiger partial charge >= 0.3 is 5.97 Å². The van der Waals surface area contributed by atoms with E-state index in [-0.39, 0.29) is 10.6 Å². The number of carboxylic acid groups (broad SMARTS) is 1. The molecule has 1 aromatic rings. The molecule has 0 aromatic heterocycles. The van der Waals surface area contributed by atoms with Crippen LogP contribution in [-0.4, -0.2) is 17.6 Å². The second-order valence-electron chi connectivity index (χ2n) is 4.27. The quantitative estimate of drug-likeness (QED) is 0.811. The van der Waals surface area contributed by atoms with Gasteiger partial charge in [0.2, 0.25) is 0 Å². The van der Waals surface area contributed by atoms with Crippen LogP contribution in [0.25, 0.3) is 0 Å². The molecule has 0 spiro atoms. The van der Waals surface area contributed by atoms with Crippen molar-refractivity contribution in [3.05, 3.63) is 28.8 Å². The van der Waals surface area contributed by atoms with E-state index in [9.17, 15) is 4.79 Å². The van der Waals surface area contributed by atoms with E-state index in [1.807, 2.05) is 0 Å². The Morgan fingerprint density at radius 3 is 2.82 bits per heavy atom. The molecular weight excluding hydrogens is 238 g/mol. The Morgan fingerprint density at radius 1 is 1.53 bits per heavy atom. The number of benzene rings is 1. The molecule has 0 aliphatic rings. The first-order chi connectivity index (χ1) is 8.04. The molecule has 0 fully saturated rings. The fourth-order valence-corrected chi connectivity index (χ4v) is 1.88. The number of aromatic carboxylic acids is 1. The minimum Gasteiger partial charge on any atom is -0.478 e. The van der Waals surface area contributed by atoms with E-state index in [0.717, 1.165) is 25.1 Å². The second-order valence-corrected chi connectivity index (χ2v) is 4.68. The van der Waals surface area contributed by atoms with Crippen LogP contribution in [0.4, 0.5) is 5.69 Å². The monoisotopic (exact) mass is 255 g/mol. The Balaban J connectivity index is 2.66. The highest BCUT2D eigenvalue weighted by Crippen LogP contribution is 2.21. The van der Waals surface area contributed by atoms with Gasteiger partial charge in [-0.3, -0.25) is 0 Å². The summed E-state index contributed by atoms with van der Waals surface area (Å²) in [5, 5.41) is 12.4. The zero-order valence-electron chi connectivity index (χ0n) is 10.2. The highest BCUT2D eigenvalue weighted by Gasteiger charge is 2.09. The first-order valence-electron chi connectivity index (χ1n) is 5.81. The highest BCUT2D eigenvalue weighted by atomic mass is 35.5. The van der Waals surface area contributed by atoms with Crippen LogP contribution in [0.15, 0.2) is 18.2 Å². The third-order valence-electron chi connectivity index (χ3n) is 2.63. The molecule has 0 aliphatic heterocycles. The summed E-state index contributed by atoms with van der Waals surface area (Å²) in [5.41, 5.74) is 0.939. The maximum Gasteiger partial charge on any atom is 0.337 e. The summed E-state index contributed by atoms with van der Waals surface area (Å²) in [6, 6.07) is 4.98. The molecule has 1 aromatic carbocycles. The van der Waals surface area contributed by atoms with Crippen molar-refractivity contribution in [2.45, 2.75) is 26.7 Å². The number of halogens is 1. The van der Waals surface area contributed by atoms with Crippen molar-refractivity contribution in [3.8, 4) is 0 Å². The van der Waals surface area contributed by atoms with Gasteiger partial charge in [-0.1, -0.05) is 31.9 Å². The normalized spacial score (nSPS) is 12.2. The zero-order valence-corrected chi connectivity index (χ0v) is 10.9. The third-order valence-corrected chi connectivity index (χ3v) is 2.96. The van der Waals surface area contributed by atoms with Crippen molar-refractivity contribution in [3.63, 3.8) is 0 Å². The minimum absolute atomic E-state index is 0.139. The fraction of sp³-hybridized carbons (Fsp3) is 0.462. The lowest BCUT2D eigenvalue weighted by Gasteiger charge is -2.13. The summed E-state index contributed by atoms with van der Waals surface area (Å²) in [4.78, 5) is 10.9. The SMILES string of the molecule is CCCC(C)CNc1ccc(Cl)c(C(=O)O)c1. The molecule has 0 saturated carbocycles. The lowest BCUT2D eigenvalue weighted by Crippen LogP contribution is -2.11. The van der Waals surface area contributed by atoms with Gasteiger partial charge in [-0.05, 0) is 30.5 Å². The number of nitrogens with one attached hydrogen (secondary N) is 1. The Bertz CT molecular complexity index is 393. The van der Waals surface area contributed by atoms with Gasteiger partial charge in [0.05, 0.1) is 10.6 Å². The Hall–Kier alpha value is -1.22. The number of rotatable bonds is 6. The van der Waals surface area contributed by atoms with E-state index in [1.165, 1.54) is 0 Å². The van der Waals surface area contributed by atoms with Crippen molar-refractivity contribution in [2.75, 3.05) is 11.9 Å². The average Bonchev–Trinajstić information content (AvgIpc) is 2.28. The van der Waals surface area contributed by atoms with Gasteiger partial charge in [-0.25, -0.2) is 4.79 Å². The Kier molecular flexibility index (Phi) is 5.29. The van der Waals surface area contributed by atoms with Gasteiger partial charge < -0.3 is 10.4 Å². The first-order valence-corrected chi connectivity index (χ1v) is 6.19. The van der Waals surface area contributed by atoms with Crippen LogP contribution in [0, 0.1) is 5.92 Å². The molecule has 1 rings (SSSR count). The number of anilines is 1. The zero-order chi connectivity index (χ0) is 12.8. The molecule has 0 amide bonds. The van der Waals surface area contributed by atoms with Gasteiger partial charge in [0, 0.05) is 12.2 Å². The highest BCUT2D eigenvalue weighted by molar-refractivity contribution is 6.33. The van der Waals surface area contributed by atoms with Crippen molar-refractivity contribution < 1.29 is 9.90 Å². The second kappa shape index (κ2) is 6.50. The summed E-state index contributed by atoms with van der Waals surface area (Å²) in [7, 11) is 0. The molecular formula is C13H18ClNO2. The van der Waals surface area contributed by atoms with Crippen molar-refractivity contribution in [1.82, 2.24) is 0 Å². The van der Waals surface area contributed by atoms with Gasteiger partial charge in [0.15, 0.2) is 0 Å². The Morgan fingerprint density at radius 2 is 2.24 bits per heavy atom. The number of carboxylic acids is 1. The fourth-order valence-electron chi connectivity index (χ4n) is 1.69. The molecule has 17 heavy (non-hydrogen) atoms. The van der Waals surface area contributed by atoms with Crippen LogP contribution in [0.5, 0.6) is 0 Å². The van der Waals surface area contributed by atoms with Gasteiger partial charge in [0.1, 0.15) is 0 Å². The topological polar surface area (TPSA) is 49.3 Å². The molecule has 0 aliphatic carbocycles. The molecule has 2 N–H and O–H groups in total. The minimum atomic E-state index is -1.000. The van der Waals surface area contributed by atoms with Crippen LogP contribution < -0.4 is 5.32 Å². The Labute approximate surface area is 107 Å². The molecule has 0 heterocycles. The van der Waals surface area contributed by atoms with E-state index in [2.05, 4.69) is 19.2 Å². The molecule has 0 bridgehead atoms. The van der Waals surface area contributed by atoms with Crippen molar-refractivity contribution >= 4 is 23.3 Å². The van der Waals surface area contributed by atoms with E-state index < -0.39 is 5.97 Å². The maximum absolute atomic E-state index is 10.9. The van der Waals surface area contributed by atoms with Crippen LogP contribution in [0.2, 0.25) is 5.02 Å². The summed E-state index contributed by atoms with van der Waals surface area (Å²) in [5.74, 6) is -0.427. The summed E-state index contributed by atoms with van der Waals surface area (Å²) in [6.45, 7) is 5.17. The number of hydrogen-bond donors (Lipinski definition) is 2. The van der Waals surface area contributed by atoms with E-state index >= 15 is 0 Å². The molecule has 4 heteroatoms. The van der Waals surface area contributed by atoms with Crippen molar-refractivity contribution in [1.29, 1.82) is 0 Å². The van der Waals surface area contributed by atoms with Crippen LogP contribution in [-0.2, 0) is 0 Å². The number of hydrogen-bond acceptors (Lipinski definition) is 2. The molecule has 0 radical (unpaired) electrons. The smallest absolute Gasteiger partial charge is 0.337 e. The molecule has 1 unspecified atom stereocenters.